The zero-order valence-electron chi connectivity index (χ0n) is 10.7. The number of halogens is 2. The molecule has 0 aromatic carbocycles. The summed E-state index contributed by atoms with van der Waals surface area (Å²) in [4.78, 5) is 4.70. The molecule has 4 nitrogen and oxygen atoms in total. The van der Waals surface area contributed by atoms with E-state index in [0.717, 1.165) is 38.4 Å². The van der Waals surface area contributed by atoms with Crippen molar-refractivity contribution >= 4 is 28.9 Å². The van der Waals surface area contributed by atoms with Crippen molar-refractivity contribution in [3.05, 3.63) is 16.4 Å². The minimum atomic E-state index is 0.388. The van der Waals surface area contributed by atoms with Crippen LogP contribution in [0.5, 0.6) is 0 Å². The number of hydrogen-bond acceptors (Lipinski definition) is 4. The van der Waals surface area contributed by atoms with Gasteiger partial charge in [-0.2, -0.15) is 0 Å². The van der Waals surface area contributed by atoms with Gasteiger partial charge in [0.2, 0.25) is 0 Å². The minimum Gasteiger partial charge on any atom is -0.366 e. The van der Waals surface area contributed by atoms with Crippen molar-refractivity contribution in [3.8, 4) is 0 Å². The second-order valence-electron chi connectivity index (χ2n) is 5.02. The van der Waals surface area contributed by atoms with Crippen LogP contribution < -0.4 is 4.90 Å². The summed E-state index contributed by atoms with van der Waals surface area (Å²) >= 11 is 11.9. The van der Waals surface area contributed by atoms with Crippen molar-refractivity contribution in [3.63, 3.8) is 0 Å². The van der Waals surface area contributed by atoms with E-state index in [9.17, 15) is 0 Å². The van der Waals surface area contributed by atoms with Crippen LogP contribution in [0.4, 0.5) is 5.69 Å². The van der Waals surface area contributed by atoms with Gasteiger partial charge in [0.1, 0.15) is 0 Å². The lowest BCUT2D eigenvalue weighted by Gasteiger charge is -2.36. The molecule has 0 spiro atoms. The highest BCUT2D eigenvalue weighted by atomic mass is 35.5. The number of anilines is 1. The summed E-state index contributed by atoms with van der Waals surface area (Å²) < 4.78 is 0. The first-order valence-corrected chi connectivity index (χ1v) is 6.98. The van der Waals surface area contributed by atoms with Crippen LogP contribution in [-0.2, 0) is 0 Å². The lowest BCUT2D eigenvalue weighted by Crippen LogP contribution is -2.47. The number of aromatic nitrogens is 2. The fourth-order valence-corrected chi connectivity index (χ4v) is 2.61. The Balaban J connectivity index is 1.99. The van der Waals surface area contributed by atoms with Crippen molar-refractivity contribution in [2.24, 2.45) is 5.92 Å². The van der Waals surface area contributed by atoms with Crippen molar-refractivity contribution in [1.82, 2.24) is 15.1 Å². The molecule has 1 aromatic heterocycles. The Bertz CT molecular complexity index is 403. The first kappa shape index (κ1) is 13.8. The molecule has 6 heteroatoms. The SMILES string of the molecule is CC(C)CN1CCN(c2cc(Cl)nnc2Cl)CC1. The molecule has 2 rings (SSSR count). The maximum atomic E-state index is 6.06. The predicted molar refractivity (Wildman–Crippen MR) is 75.5 cm³/mol. The molecule has 0 atom stereocenters. The third-order valence-corrected chi connectivity index (χ3v) is 3.49. The third kappa shape index (κ3) is 3.46. The maximum absolute atomic E-state index is 6.06. The van der Waals surface area contributed by atoms with Gasteiger partial charge >= 0.3 is 0 Å². The smallest absolute Gasteiger partial charge is 0.175 e. The summed E-state index contributed by atoms with van der Waals surface area (Å²) in [6.07, 6.45) is 0. The van der Waals surface area contributed by atoms with Gasteiger partial charge in [-0.15, -0.1) is 10.2 Å². The average Bonchev–Trinajstić information content (AvgIpc) is 2.33. The molecule has 1 aliphatic heterocycles. The first-order valence-electron chi connectivity index (χ1n) is 6.22. The van der Waals surface area contributed by atoms with Crippen LogP contribution in [0.3, 0.4) is 0 Å². The van der Waals surface area contributed by atoms with Crippen LogP contribution >= 0.6 is 23.2 Å². The molecule has 0 radical (unpaired) electrons. The molecular weight excluding hydrogens is 271 g/mol. The minimum absolute atomic E-state index is 0.388. The van der Waals surface area contributed by atoms with Crippen LogP contribution in [-0.4, -0.2) is 47.8 Å². The molecule has 1 aromatic rings. The molecule has 0 unspecified atom stereocenters. The summed E-state index contributed by atoms with van der Waals surface area (Å²) in [6, 6.07) is 1.79. The van der Waals surface area contributed by atoms with E-state index >= 15 is 0 Å². The molecule has 100 valence electrons. The van der Waals surface area contributed by atoms with E-state index in [2.05, 4.69) is 33.8 Å². The van der Waals surface area contributed by atoms with E-state index < -0.39 is 0 Å². The van der Waals surface area contributed by atoms with Crippen LogP contribution in [0.15, 0.2) is 6.07 Å². The van der Waals surface area contributed by atoms with Crippen molar-refractivity contribution < 1.29 is 0 Å². The quantitative estimate of drug-likeness (QED) is 0.856. The second-order valence-corrected chi connectivity index (χ2v) is 5.77. The Hall–Kier alpha value is -0.580. The van der Waals surface area contributed by atoms with E-state index in [1.54, 1.807) is 6.07 Å². The molecule has 0 N–H and O–H groups in total. The largest absolute Gasteiger partial charge is 0.366 e. The van der Waals surface area contributed by atoms with Gasteiger partial charge in [0.05, 0.1) is 5.69 Å². The van der Waals surface area contributed by atoms with E-state index in [1.165, 1.54) is 0 Å². The number of rotatable bonds is 3. The van der Waals surface area contributed by atoms with Crippen LogP contribution in [0, 0.1) is 5.92 Å². The van der Waals surface area contributed by atoms with Gasteiger partial charge < -0.3 is 4.90 Å². The summed E-state index contributed by atoms with van der Waals surface area (Å²) in [7, 11) is 0. The fourth-order valence-electron chi connectivity index (χ4n) is 2.25. The lowest BCUT2D eigenvalue weighted by molar-refractivity contribution is 0.231. The predicted octanol–water partition coefficient (Wildman–Crippen LogP) is 2.56. The molecule has 0 saturated carbocycles. The Labute approximate surface area is 118 Å². The zero-order chi connectivity index (χ0) is 13.1. The molecule has 0 aliphatic carbocycles. The standard InChI is InChI=1S/C12H18Cl2N4/c1-9(2)8-17-3-5-18(6-4-17)10-7-11(13)15-16-12(10)14/h7,9H,3-6,8H2,1-2H3. The van der Waals surface area contributed by atoms with Gasteiger partial charge in [-0.3, -0.25) is 4.90 Å². The van der Waals surface area contributed by atoms with Crippen molar-refractivity contribution in [1.29, 1.82) is 0 Å². The third-order valence-electron chi connectivity index (χ3n) is 3.04. The van der Waals surface area contributed by atoms with Gasteiger partial charge in [-0.05, 0) is 5.92 Å². The van der Waals surface area contributed by atoms with Gasteiger partial charge in [0, 0.05) is 38.8 Å². The Morgan fingerprint density at radius 3 is 2.44 bits per heavy atom. The average molecular weight is 289 g/mol. The van der Waals surface area contributed by atoms with E-state index in [1.807, 2.05) is 0 Å². The van der Waals surface area contributed by atoms with Gasteiger partial charge in [-0.25, -0.2) is 0 Å². The molecular formula is C12H18Cl2N4. The highest BCUT2D eigenvalue weighted by molar-refractivity contribution is 6.33. The van der Waals surface area contributed by atoms with Crippen LogP contribution in [0.1, 0.15) is 13.8 Å². The lowest BCUT2D eigenvalue weighted by atomic mass is 10.2. The molecule has 18 heavy (non-hydrogen) atoms. The van der Waals surface area contributed by atoms with Gasteiger partial charge in [-0.1, -0.05) is 37.0 Å². The molecule has 1 saturated heterocycles. The molecule has 1 aliphatic rings. The monoisotopic (exact) mass is 288 g/mol. The maximum Gasteiger partial charge on any atom is 0.175 e. The van der Waals surface area contributed by atoms with E-state index in [-0.39, 0.29) is 0 Å². The Kier molecular flexibility index (Phi) is 4.65. The number of hydrogen-bond donors (Lipinski definition) is 0. The normalized spacial score (nSPS) is 17.5. The number of piperazine rings is 1. The van der Waals surface area contributed by atoms with Gasteiger partial charge in [0.15, 0.2) is 10.3 Å². The topological polar surface area (TPSA) is 32.3 Å². The summed E-state index contributed by atoms with van der Waals surface area (Å²) in [5.74, 6) is 0.706. The molecule has 1 fully saturated rings. The highest BCUT2D eigenvalue weighted by Crippen LogP contribution is 2.26. The highest BCUT2D eigenvalue weighted by Gasteiger charge is 2.20. The summed E-state index contributed by atoms with van der Waals surface area (Å²) in [6.45, 7) is 9.65. The van der Waals surface area contributed by atoms with E-state index in [0.29, 0.717) is 16.2 Å². The van der Waals surface area contributed by atoms with Crippen LogP contribution in [0.25, 0.3) is 0 Å². The Morgan fingerprint density at radius 1 is 1.17 bits per heavy atom. The van der Waals surface area contributed by atoms with E-state index in [4.69, 9.17) is 23.2 Å². The van der Waals surface area contributed by atoms with Crippen LogP contribution in [0.2, 0.25) is 10.3 Å². The fraction of sp³-hybridized carbons (Fsp3) is 0.667. The van der Waals surface area contributed by atoms with Crippen molar-refractivity contribution in [2.75, 3.05) is 37.6 Å². The van der Waals surface area contributed by atoms with Crippen molar-refractivity contribution in [2.45, 2.75) is 13.8 Å². The summed E-state index contributed by atoms with van der Waals surface area (Å²) in [5.41, 5.74) is 0.890. The second kappa shape index (κ2) is 6.04. The summed E-state index contributed by atoms with van der Waals surface area (Å²) in [5, 5.41) is 8.40. The van der Waals surface area contributed by atoms with Gasteiger partial charge in [0.25, 0.3) is 0 Å². The molecule has 2 heterocycles. The Morgan fingerprint density at radius 2 is 1.83 bits per heavy atom. The molecule has 0 amide bonds. The molecule has 0 bridgehead atoms. The number of nitrogens with zero attached hydrogens (tertiary/aromatic N) is 4. The zero-order valence-corrected chi connectivity index (χ0v) is 12.2. The first-order chi connectivity index (χ1) is 8.56.